The van der Waals surface area contributed by atoms with Gasteiger partial charge in [-0.05, 0) is 31.8 Å². The van der Waals surface area contributed by atoms with Crippen LogP contribution >= 0.6 is 0 Å². The standard InChI is InChI=1S/C17H26O4/c1-5-8-10-16(6-2)11-9-13(14(18)19)12(4)17(16,7-3)15(20)21/h9,11H,5-8,10H2,1-4H3,(H,18,19)(H,20,21). The Morgan fingerprint density at radius 2 is 1.76 bits per heavy atom. The number of carbonyl (C=O) groups is 2. The monoisotopic (exact) mass is 294 g/mol. The van der Waals surface area contributed by atoms with E-state index in [1.165, 1.54) is 0 Å². The average molecular weight is 294 g/mol. The highest BCUT2D eigenvalue weighted by Gasteiger charge is 2.56. The minimum absolute atomic E-state index is 0.125. The van der Waals surface area contributed by atoms with Gasteiger partial charge in [0, 0.05) is 5.41 Å². The molecule has 2 unspecified atom stereocenters. The summed E-state index contributed by atoms with van der Waals surface area (Å²) in [6.45, 7) is 7.58. The van der Waals surface area contributed by atoms with Crippen LogP contribution in [-0.2, 0) is 9.59 Å². The van der Waals surface area contributed by atoms with Crippen molar-refractivity contribution in [3.8, 4) is 0 Å². The molecule has 118 valence electrons. The summed E-state index contributed by atoms with van der Waals surface area (Å²) in [6.07, 6.45) is 7.22. The lowest BCUT2D eigenvalue weighted by Crippen LogP contribution is -2.49. The molecule has 0 radical (unpaired) electrons. The molecule has 2 N–H and O–H groups in total. The number of hydrogen-bond donors (Lipinski definition) is 2. The highest BCUT2D eigenvalue weighted by atomic mass is 16.4. The molecule has 0 aliphatic heterocycles. The second kappa shape index (κ2) is 6.46. The van der Waals surface area contributed by atoms with E-state index < -0.39 is 22.8 Å². The molecular formula is C17H26O4. The van der Waals surface area contributed by atoms with E-state index >= 15 is 0 Å². The number of aliphatic carboxylic acids is 2. The molecule has 1 aliphatic carbocycles. The van der Waals surface area contributed by atoms with Gasteiger partial charge in [0.1, 0.15) is 0 Å². The summed E-state index contributed by atoms with van der Waals surface area (Å²) >= 11 is 0. The molecule has 0 heterocycles. The summed E-state index contributed by atoms with van der Waals surface area (Å²) in [5.41, 5.74) is -1.03. The van der Waals surface area contributed by atoms with Gasteiger partial charge in [-0.25, -0.2) is 4.79 Å². The van der Waals surface area contributed by atoms with Crippen molar-refractivity contribution < 1.29 is 19.8 Å². The molecule has 1 rings (SSSR count). The van der Waals surface area contributed by atoms with Crippen molar-refractivity contribution in [2.75, 3.05) is 0 Å². The van der Waals surface area contributed by atoms with Crippen molar-refractivity contribution in [1.82, 2.24) is 0 Å². The van der Waals surface area contributed by atoms with Gasteiger partial charge in [0.2, 0.25) is 0 Å². The van der Waals surface area contributed by atoms with Crippen LogP contribution < -0.4 is 0 Å². The maximum Gasteiger partial charge on any atom is 0.335 e. The molecular weight excluding hydrogens is 268 g/mol. The van der Waals surface area contributed by atoms with Crippen molar-refractivity contribution in [3.63, 3.8) is 0 Å². The molecule has 4 heteroatoms. The first-order valence-electron chi connectivity index (χ1n) is 7.70. The van der Waals surface area contributed by atoms with Crippen LogP contribution in [-0.4, -0.2) is 22.2 Å². The molecule has 0 aromatic rings. The molecule has 0 bridgehead atoms. The van der Waals surface area contributed by atoms with Crippen LogP contribution in [0.1, 0.15) is 59.8 Å². The molecule has 0 aromatic heterocycles. The van der Waals surface area contributed by atoms with E-state index in [1.807, 2.05) is 19.9 Å². The second-order valence-corrected chi connectivity index (χ2v) is 5.85. The van der Waals surface area contributed by atoms with Gasteiger partial charge in [0.15, 0.2) is 0 Å². The third-order valence-electron chi connectivity index (χ3n) is 5.20. The van der Waals surface area contributed by atoms with Crippen LogP contribution in [0.4, 0.5) is 0 Å². The van der Waals surface area contributed by atoms with Crippen molar-refractivity contribution in [1.29, 1.82) is 0 Å². The Morgan fingerprint density at radius 1 is 1.14 bits per heavy atom. The maximum atomic E-state index is 12.2. The lowest BCUT2D eigenvalue weighted by atomic mass is 9.52. The molecule has 0 saturated carbocycles. The fraction of sp³-hybridized carbons (Fsp3) is 0.647. The third kappa shape index (κ3) is 2.52. The summed E-state index contributed by atoms with van der Waals surface area (Å²) in [6, 6.07) is 0. The molecule has 0 spiro atoms. The molecule has 4 nitrogen and oxygen atoms in total. The first-order valence-corrected chi connectivity index (χ1v) is 7.70. The van der Waals surface area contributed by atoms with Crippen LogP contribution in [0.3, 0.4) is 0 Å². The smallest absolute Gasteiger partial charge is 0.335 e. The highest BCUT2D eigenvalue weighted by molar-refractivity contribution is 5.94. The Labute approximate surface area is 126 Å². The Balaban J connectivity index is 3.57. The molecule has 0 saturated heterocycles. The zero-order chi connectivity index (χ0) is 16.3. The zero-order valence-electron chi connectivity index (χ0n) is 13.4. The largest absolute Gasteiger partial charge is 0.481 e. The van der Waals surface area contributed by atoms with E-state index in [0.717, 1.165) is 19.3 Å². The minimum atomic E-state index is -1.13. The summed E-state index contributed by atoms with van der Waals surface area (Å²) in [4.78, 5) is 23.6. The fourth-order valence-corrected chi connectivity index (χ4v) is 3.87. The molecule has 0 fully saturated rings. The van der Waals surface area contributed by atoms with Gasteiger partial charge in [-0.2, -0.15) is 0 Å². The Morgan fingerprint density at radius 3 is 2.14 bits per heavy atom. The number of allylic oxidation sites excluding steroid dienone is 1. The number of carboxylic acid groups (broad SMARTS) is 2. The molecule has 0 amide bonds. The van der Waals surface area contributed by atoms with E-state index in [0.29, 0.717) is 18.4 Å². The lowest BCUT2D eigenvalue weighted by molar-refractivity contribution is -0.154. The van der Waals surface area contributed by atoms with Crippen molar-refractivity contribution >= 4 is 11.9 Å². The van der Waals surface area contributed by atoms with Crippen LogP contribution in [0.15, 0.2) is 23.3 Å². The maximum absolute atomic E-state index is 12.2. The molecule has 21 heavy (non-hydrogen) atoms. The normalized spacial score (nSPS) is 28.8. The van der Waals surface area contributed by atoms with Gasteiger partial charge in [-0.3, -0.25) is 4.79 Å². The van der Waals surface area contributed by atoms with E-state index in [4.69, 9.17) is 0 Å². The third-order valence-corrected chi connectivity index (χ3v) is 5.20. The number of unbranched alkanes of at least 4 members (excludes halogenated alkanes) is 1. The van der Waals surface area contributed by atoms with Gasteiger partial charge in [0.05, 0.1) is 11.0 Å². The number of rotatable bonds is 7. The Hall–Kier alpha value is -1.58. The predicted molar refractivity (Wildman–Crippen MR) is 82.1 cm³/mol. The van der Waals surface area contributed by atoms with Crippen LogP contribution in [0.5, 0.6) is 0 Å². The van der Waals surface area contributed by atoms with Crippen molar-refractivity contribution in [3.05, 3.63) is 23.3 Å². The quantitative estimate of drug-likeness (QED) is 0.743. The molecule has 2 atom stereocenters. The first-order chi connectivity index (χ1) is 9.82. The van der Waals surface area contributed by atoms with E-state index in [1.54, 1.807) is 13.0 Å². The van der Waals surface area contributed by atoms with E-state index in [9.17, 15) is 19.8 Å². The van der Waals surface area contributed by atoms with E-state index in [2.05, 4.69) is 6.92 Å². The molecule has 0 aromatic carbocycles. The predicted octanol–water partition coefficient (Wildman–Crippen LogP) is 4.02. The second-order valence-electron chi connectivity index (χ2n) is 5.85. The van der Waals surface area contributed by atoms with E-state index in [-0.39, 0.29) is 5.57 Å². The SMILES string of the molecule is CCCCC1(CC)C=CC(C(=O)O)=C(C)C1(CC)C(=O)O. The van der Waals surface area contributed by atoms with Gasteiger partial charge in [-0.15, -0.1) is 0 Å². The van der Waals surface area contributed by atoms with Gasteiger partial charge < -0.3 is 10.2 Å². The van der Waals surface area contributed by atoms with Crippen molar-refractivity contribution in [2.45, 2.75) is 59.8 Å². The van der Waals surface area contributed by atoms with Gasteiger partial charge in [0.25, 0.3) is 0 Å². The van der Waals surface area contributed by atoms with Gasteiger partial charge >= 0.3 is 11.9 Å². The lowest BCUT2D eigenvalue weighted by Gasteiger charge is -2.49. The highest BCUT2D eigenvalue weighted by Crippen LogP contribution is 2.57. The number of hydrogen-bond acceptors (Lipinski definition) is 2. The molecule has 1 aliphatic rings. The first kappa shape index (κ1) is 17.5. The summed E-state index contributed by atoms with van der Waals surface area (Å²) < 4.78 is 0. The summed E-state index contributed by atoms with van der Waals surface area (Å²) in [5, 5.41) is 19.3. The minimum Gasteiger partial charge on any atom is -0.481 e. The average Bonchev–Trinajstić information content (AvgIpc) is 2.44. The summed E-state index contributed by atoms with van der Waals surface area (Å²) in [7, 11) is 0. The summed E-state index contributed by atoms with van der Waals surface area (Å²) in [5.74, 6) is -1.97. The van der Waals surface area contributed by atoms with Gasteiger partial charge in [-0.1, -0.05) is 45.8 Å². The van der Waals surface area contributed by atoms with Crippen LogP contribution in [0.25, 0.3) is 0 Å². The number of carboxylic acids is 2. The van der Waals surface area contributed by atoms with Crippen LogP contribution in [0, 0.1) is 10.8 Å². The Bertz CT molecular complexity index is 489. The zero-order valence-corrected chi connectivity index (χ0v) is 13.4. The van der Waals surface area contributed by atoms with Crippen molar-refractivity contribution in [2.24, 2.45) is 10.8 Å². The Kier molecular flexibility index (Phi) is 5.37. The topological polar surface area (TPSA) is 74.6 Å². The fourth-order valence-electron chi connectivity index (χ4n) is 3.87. The van der Waals surface area contributed by atoms with Crippen LogP contribution in [0.2, 0.25) is 0 Å².